The fourth-order valence-corrected chi connectivity index (χ4v) is 6.23. The molecule has 0 aromatic heterocycles. The Kier molecular flexibility index (Phi) is 35.2. The number of nitrogens with two attached hydrogens (primary N) is 1. The van der Waals surface area contributed by atoms with E-state index in [4.69, 9.17) is 24.8 Å². The first-order valence-corrected chi connectivity index (χ1v) is 22.5. The Labute approximate surface area is 331 Å². The molecule has 0 bridgehead atoms. The number of rotatable bonds is 39. The van der Waals surface area contributed by atoms with E-state index in [1.54, 1.807) is 12.2 Å². The van der Waals surface area contributed by atoms with Crippen molar-refractivity contribution in [2.75, 3.05) is 19.8 Å². The zero-order chi connectivity index (χ0) is 40.8. The molecule has 0 aliphatic carbocycles. The number of hydrogen-bond donors (Lipinski definition) is 3. The first-order valence-electron chi connectivity index (χ1n) is 21.0. The number of allylic oxidation sites excluding steroid dienone is 6. The van der Waals surface area contributed by atoms with Crippen LogP contribution in [0, 0.1) is 0 Å². The molecule has 0 saturated carbocycles. The fourth-order valence-electron chi connectivity index (χ4n) is 5.45. The summed E-state index contributed by atoms with van der Waals surface area (Å²) in [7, 11) is -4.74. The summed E-state index contributed by atoms with van der Waals surface area (Å²) in [6.45, 7) is 2.61. The molecule has 0 spiro atoms. The van der Waals surface area contributed by atoms with E-state index in [0.717, 1.165) is 77.0 Å². The minimum Gasteiger partial charge on any atom is -0.480 e. The second-order valence-electron chi connectivity index (χ2n) is 14.2. The van der Waals surface area contributed by atoms with Crippen LogP contribution < -0.4 is 5.73 Å². The average molecular weight is 800 g/mol. The SMILES string of the molecule is CCCCC/C=C\C=C\C(=O)CCCCCCCC(=O)OC[C@H](COP(=O)(O)OC[C@H](N)C(=O)O)OC(=O)CCCCCCC/C=C\CCCCCCCC. The maximum absolute atomic E-state index is 12.6. The van der Waals surface area contributed by atoms with Crippen molar-refractivity contribution >= 4 is 31.5 Å². The number of esters is 2. The second kappa shape index (κ2) is 37.0. The Hall–Kier alpha value is -2.63. The van der Waals surface area contributed by atoms with Gasteiger partial charge in [0.25, 0.3) is 0 Å². The first kappa shape index (κ1) is 52.4. The summed E-state index contributed by atoms with van der Waals surface area (Å²) in [5, 5.41) is 8.87. The van der Waals surface area contributed by atoms with Gasteiger partial charge in [0.1, 0.15) is 12.6 Å². The van der Waals surface area contributed by atoms with Crippen LogP contribution in [0.2, 0.25) is 0 Å². The second-order valence-corrected chi connectivity index (χ2v) is 15.6. The van der Waals surface area contributed by atoms with Crippen LogP contribution in [0.3, 0.4) is 0 Å². The maximum Gasteiger partial charge on any atom is 0.472 e. The maximum atomic E-state index is 12.6. The van der Waals surface area contributed by atoms with Crippen LogP contribution in [0.25, 0.3) is 0 Å². The number of aliphatic carboxylic acids is 1. The fraction of sp³-hybridized carbons (Fsp3) is 0.762. The van der Waals surface area contributed by atoms with E-state index in [1.807, 2.05) is 6.08 Å². The zero-order valence-electron chi connectivity index (χ0n) is 34.0. The Morgan fingerprint density at radius 3 is 1.67 bits per heavy atom. The molecule has 0 aliphatic heterocycles. The smallest absolute Gasteiger partial charge is 0.472 e. The number of carbonyl (C=O) groups is 4. The van der Waals surface area contributed by atoms with E-state index in [-0.39, 0.29) is 18.6 Å². The van der Waals surface area contributed by atoms with Gasteiger partial charge in [-0.3, -0.25) is 28.2 Å². The van der Waals surface area contributed by atoms with E-state index >= 15 is 0 Å². The van der Waals surface area contributed by atoms with Crippen LogP contribution in [0.15, 0.2) is 36.5 Å². The molecule has 3 atom stereocenters. The lowest BCUT2D eigenvalue weighted by Gasteiger charge is -2.20. The summed E-state index contributed by atoms with van der Waals surface area (Å²) in [6.07, 6.45) is 34.6. The molecule has 0 amide bonds. The number of ketones is 1. The lowest BCUT2D eigenvalue weighted by molar-refractivity contribution is -0.161. The molecule has 0 saturated heterocycles. The first-order chi connectivity index (χ1) is 26.5. The predicted octanol–water partition coefficient (Wildman–Crippen LogP) is 10.0. The van der Waals surface area contributed by atoms with E-state index < -0.39 is 57.7 Å². The Morgan fingerprint density at radius 2 is 1.07 bits per heavy atom. The number of carboxylic acid groups (broad SMARTS) is 1. The van der Waals surface area contributed by atoms with Crippen LogP contribution in [-0.2, 0) is 42.3 Å². The van der Waals surface area contributed by atoms with Crippen molar-refractivity contribution in [1.82, 2.24) is 0 Å². The van der Waals surface area contributed by atoms with E-state index in [2.05, 4.69) is 36.6 Å². The molecule has 0 aromatic carbocycles. The zero-order valence-corrected chi connectivity index (χ0v) is 34.9. The highest BCUT2D eigenvalue weighted by Gasteiger charge is 2.28. The Morgan fingerprint density at radius 1 is 0.600 bits per heavy atom. The van der Waals surface area contributed by atoms with Crippen molar-refractivity contribution in [2.24, 2.45) is 5.73 Å². The largest absolute Gasteiger partial charge is 0.480 e. The third kappa shape index (κ3) is 36.7. The van der Waals surface area contributed by atoms with Crippen molar-refractivity contribution in [3.8, 4) is 0 Å². The van der Waals surface area contributed by atoms with E-state index in [1.165, 1.54) is 51.4 Å². The number of ether oxygens (including phenoxy) is 2. The van der Waals surface area contributed by atoms with E-state index in [0.29, 0.717) is 19.3 Å². The molecule has 0 aromatic rings. The highest BCUT2D eigenvalue weighted by molar-refractivity contribution is 7.47. The van der Waals surface area contributed by atoms with Crippen LogP contribution in [0.1, 0.15) is 174 Å². The number of carboxylic acids is 1. The predicted molar refractivity (Wildman–Crippen MR) is 217 cm³/mol. The van der Waals surface area contributed by atoms with Gasteiger partial charge < -0.3 is 25.2 Å². The minimum absolute atomic E-state index is 0.0987. The molecular weight excluding hydrogens is 725 g/mol. The van der Waals surface area contributed by atoms with Gasteiger partial charge in [-0.2, -0.15) is 0 Å². The van der Waals surface area contributed by atoms with Crippen LogP contribution in [0.5, 0.6) is 0 Å². The topological polar surface area (TPSA) is 189 Å². The van der Waals surface area contributed by atoms with Crippen molar-refractivity contribution < 1.29 is 52.3 Å². The summed E-state index contributed by atoms with van der Waals surface area (Å²) in [4.78, 5) is 57.9. The van der Waals surface area contributed by atoms with Gasteiger partial charge in [0, 0.05) is 19.3 Å². The Balaban J connectivity index is 4.49. The van der Waals surface area contributed by atoms with Gasteiger partial charge in [-0.15, -0.1) is 0 Å². The normalized spacial score (nSPS) is 14.0. The molecule has 55 heavy (non-hydrogen) atoms. The quantitative estimate of drug-likeness (QED) is 0.0133. The van der Waals surface area contributed by atoms with Crippen molar-refractivity contribution in [3.05, 3.63) is 36.5 Å². The third-order valence-electron chi connectivity index (χ3n) is 8.84. The van der Waals surface area contributed by atoms with Gasteiger partial charge in [0.05, 0.1) is 13.2 Å². The molecule has 0 heterocycles. The third-order valence-corrected chi connectivity index (χ3v) is 9.79. The van der Waals surface area contributed by atoms with Crippen LogP contribution in [0.4, 0.5) is 0 Å². The van der Waals surface area contributed by atoms with Gasteiger partial charge in [0.2, 0.25) is 0 Å². The monoisotopic (exact) mass is 799 g/mol. The van der Waals surface area contributed by atoms with Gasteiger partial charge in [-0.05, 0) is 63.9 Å². The summed E-state index contributed by atoms with van der Waals surface area (Å²) in [5.41, 5.74) is 5.32. The van der Waals surface area contributed by atoms with Crippen molar-refractivity contribution in [3.63, 3.8) is 0 Å². The van der Waals surface area contributed by atoms with Gasteiger partial charge >= 0.3 is 25.7 Å². The Bertz CT molecular complexity index is 1140. The van der Waals surface area contributed by atoms with Crippen LogP contribution >= 0.6 is 7.82 Å². The standard InChI is InChI=1S/C42H74NO11P/c1-3-5-7-9-11-12-13-14-15-16-17-18-20-24-29-33-41(46)54-38(35-52-55(49,50)53-36-39(43)42(47)48)34-51-40(45)32-28-25-21-23-27-31-37(44)30-26-22-19-10-8-6-4-2/h14-15,19,22,26,30,38-39H,3-13,16-18,20-21,23-25,27-29,31-36,43H2,1-2H3,(H,47,48)(H,49,50)/b15-14-,22-19-,30-26+/t38-,39+/m1/s1. The number of carbonyl (C=O) groups excluding carboxylic acids is 3. The molecule has 0 aliphatic rings. The highest BCUT2D eigenvalue weighted by atomic mass is 31.2. The molecule has 0 fully saturated rings. The summed E-state index contributed by atoms with van der Waals surface area (Å²) < 4.78 is 32.6. The molecular formula is C42H74NO11P. The van der Waals surface area contributed by atoms with Crippen molar-refractivity contribution in [2.45, 2.75) is 187 Å². The van der Waals surface area contributed by atoms with E-state index in [9.17, 15) is 28.6 Å². The van der Waals surface area contributed by atoms with Crippen LogP contribution in [-0.4, -0.2) is 65.7 Å². The van der Waals surface area contributed by atoms with Crippen molar-refractivity contribution in [1.29, 1.82) is 0 Å². The molecule has 13 heteroatoms. The summed E-state index contributed by atoms with van der Waals surface area (Å²) in [6, 6.07) is -1.54. The summed E-state index contributed by atoms with van der Waals surface area (Å²) >= 11 is 0. The molecule has 318 valence electrons. The molecule has 4 N–H and O–H groups in total. The number of unbranched alkanes of at least 4 members (excludes halogenated alkanes) is 18. The highest BCUT2D eigenvalue weighted by Crippen LogP contribution is 2.43. The van der Waals surface area contributed by atoms with Gasteiger partial charge in [0.15, 0.2) is 11.9 Å². The molecule has 0 radical (unpaired) electrons. The number of phosphoric ester groups is 1. The lowest BCUT2D eigenvalue weighted by atomic mass is 10.1. The average Bonchev–Trinajstić information content (AvgIpc) is 3.15. The molecule has 1 unspecified atom stereocenters. The number of hydrogen-bond acceptors (Lipinski definition) is 10. The lowest BCUT2D eigenvalue weighted by Crippen LogP contribution is -2.34. The minimum atomic E-state index is -4.74. The van der Waals surface area contributed by atoms with Gasteiger partial charge in [-0.1, -0.05) is 128 Å². The molecule has 0 rings (SSSR count). The summed E-state index contributed by atoms with van der Waals surface area (Å²) in [5.74, 6) is -2.40. The molecule has 12 nitrogen and oxygen atoms in total. The number of phosphoric acid groups is 1. The van der Waals surface area contributed by atoms with Gasteiger partial charge in [-0.25, -0.2) is 4.57 Å².